The summed E-state index contributed by atoms with van der Waals surface area (Å²) >= 11 is 0. The molecular formula is C12H22BaO4. The molecule has 0 aromatic rings. The Labute approximate surface area is 143 Å². The summed E-state index contributed by atoms with van der Waals surface area (Å²) in [6.07, 6.45) is 0.326. The molecule has 0 saturated carbocycles. The van der Waals surface area contributed by atoms with Crippen LogP contribution in [0, 0.1) is 10.8 Å². The van der Waals surface area contributed by atoms with E-state index in [1.165, 1.54) is 13.8 Å². The summed E-state index contributed by atoms with van der Waals surface area (Å²) < 4.78 is 0. The van der Waals surface area contributed by atoms with Crippen LogP contribution in [-0.2, 0) is 14.4 Å². The van der Waals surface area contributed by atoms with E-state index in [9.17, 15) is 14.4 Å². The van der Waals surface area contributed by atoms with Gasteiger partial charge in [0.25, 0.3) is 0 Å². The Morgan fingerprint density at radius 1 is 1.00 bits per heavy atom. The average molecular weight is 368 g/mol. The first kappa shape index (κ1) is 19.7. The maximum absolute atomic E-state index is 11.8. The van der Waals surface area contributed by atoms with E-state index in [0.29, 0.717) is 6.42 Å². The molecule has 0 aliphatic heterocycles. The molecule has 0 atom stereocenters. The van der Waals surface area contributed by atoms with Crippen LogP contribution in [0.5, 0.6) is 0 Å². The number of hydrogen-bond acceptors (Lipinski definition) is 3. The van der Waals surface area contributed by atoms with Gasteiger partial charge in [-0.2, -0.15) is 0 Å². The fourth-order valence-electron chi connectivity index (χ4n) is 0.923. The Hall–Kier alpha value is 0.381. The molecule has 17 heavy (non-hydrogen) atoms. The molecule has 0 unspecified atom stereocenters. The number of hydrogen-bond donors (Lipinski definition) is 1. The van der Waals surface area contributed by atoms with Gasteiger partial charge in [-0.3, -0.25) is 14.4 Å². The third kappa shape index (κ3) is 5.26. The van der Waals surface area contributed by atoms with Crippen LogP contribution in [0.15, 0.2) is 0 Å². The van der Waals surface area contributed by atoms with Crippen molar-refractivity contribution >= 4 is 66.4 Å². The Bertz CT molecular complexity index is 318. The first-order valence-electron chi connectivity index (χ1n) is 5.35. The van der Waals surface area contributed by atoms with Gasteiger partial charge < -0.3 is 5.11 Å². The molecule has 96 valence electrons. The minimum absolute atomic E-state index is 0. The van der Waals surface area contributed by atoms with Gasteiger partial charge in [0.2, 0.25) is 0 Å². The number of carbonyl (C=O) groups excluding carboxylic acids is 2. The molecule has 0 rings (SSSR count). The number of carbonyl (C=O) groups is 3. The molecule has 0 heterocycles. The number of rotatable bonds is 6. The number of aliphatic carboxylic acids is 1. The average Bonchev–Trinajstić information content (AvgIpc) is 2.17. The van der Waals surface area contributed by atoms with Crippen molar-refractivity contribution < 1.29 is 19.5 Å². The molecule has 0 aliphatic rings. The molecule has 0 saturated heterocycles. The summed E-state index contributed by atoms with van der Waals surface area (Å²) in [6.45, 7) is 8.03. The number of carboxylic acid groups (broad SMARTS) is 1. The molecule has 0 aliphatic carbocycles. The third-order valence-corrected chi connectivity index (χ3v) is 3.19. The van der Waals surface area contributed by atoms with E-state index in [0.717, 1.165) is 0 Å². The molecule has 0 spiro atoms. The Balaban J connectivity index is 0. The van der Waals surface area contributed by atoms with Gasteiger partial charge in [-0.05, 0) is 20.3 Å². The van der Waals surface area contributed by atoms with Crippen molar-refractivity contribution in [3.63, 3.8) is 0 Å². The molecule has 0 amide bonds. The fourth-order valence-corrected chi connectivity index (χ4v) is 0.923. The second-order valence-electron chi connectivity index (χ2n) is 5.19. The summed E-state index contributed by atoms with van der Waals surface area (Å²) in [7, 11) is 0. The van der Waals surface area contributed by atoms with Gasteiger partial charge in [-0.15, -0.1) is 0 Å². The van der Waals surface area contributed by atoms with Crippen LogP contribution in [0.3, 0.4) is 0 Å². The molecular weight excluding hydrogens is 345 g/mol. The van der Waals surface area contributed by atoms with E-state index in [1.54, 1.807) is 13.8 Å². The van der Waals surface area contributed by atoms with Crippen molar-refractivity contribution in [2.75, 3.05) is 0 Å². The number of carboxylic acids is 1. The molecule has 4 nitrogen and oxygen atoms in total. The summed E-state index contributed by atoms with van der Waals surface area (Å²) in [5.41, 5.74) is -2.05. The second kappa shape index (κ2) is 7.09. The fraction of sp³-hybridized carbons (Fsp3) is 0.750. The van der Waals surface area contributed by atoms with Gasteiger partial charge in [-0.1, -0.05) is 20.8 Å². The van der Waals surface area contributed by atoms with Gasteiger partial charge >= 0.3 is 54.9 Å². The molecule has 0 aromatic heterocycles. The van der Waals surface area contributed by atoms with Crippen LogP contribution >= 0.6 is 0 Å². The zero-order valence-corrected chi connectivity index (χ0v) is 10.6. The molecule has 0 bridgehead atoms. The Morgan fingerprint density at radius 2 is 1.41 bits per heavy atom. The third-order valence-electron chi connectivity index (χ3n) is 3.19. The molecule has 5 heteroatoms. The SMILES string of the molecule is CCC(C)(C)C(=O)CC(=O)C(C)(C)C(=O)O.[BaH2]. The molecule has 0 aromatic carbocycles. The van der Waals surface area contributed by atoms with E-state index in [1.807, 2.05) is 6.92 Å². The van der Waals surface area contributed by atoms with Crippen LogP contribution in [0.4, 0.5) is 0 Å². The van der Waals surface area contributed by atoms with Crippen molar-refractivity contribution in [3.05, 3.63) is 0 Å². The van der Waals surface area contributed by atoms with Crippen LogP contribution in [-0.4, -0.2) is 71.5 Å². The Kier molecular flexibility index (Phi) is 8.22. The first-order valence-corrected chi connectivity index (χ1v) is 5.35. The number of Topliss-reactive ketones (excluding diaryl/α,β-unsaturated/α-hetero) is 2. The van der Waals surface area contributed by atoms with Crippen LogP contribution < -0.4 is 0 Å². The van der Waals surface area contributed by atoms with E-state index in [4.69, 9.17) is 5.11 Å². The van der Waals surface area contributed by atoms with Crippen LogP contribution in [0.2, 0.25) is 0 Å². The van der Waals surface area contributed by atoms with Crippen molar-refractivity contribution in [1.29, 1.82) is 0 Å². The van der Waals surface area contributed by atoms with E-state index in [-0.39, 0.29) is 61.1 Å². The zero-order valence-electron chi connectivity index (χ0n) is 10.6. The standard InChI is InChI=1S/C12H20O4.Ba.2H/c1-6-11(2,3)8(13)7-9(14)12(4,5)10(15)16;;;/h6-7H2,1-5H3,(H,15,16);;;. The van der Waals surface area contributed by atoms with Crippen molar-refractivity contribution in [2.24, 2.45) is 10.8 Å². The summed E-state index contributed by atoms with van der Waals surface area (Å²) in [4.78, 5) is 34.3. The summed E-state index contributed by atoms with van der Waals surface area (Å²) in [5, 5.41) is 8.85. The predicted molar refractivity (Wildman–Crippen MR) is 68.7 cm³/mol. The van der Waals surface area contributed by atoms with Gasteiger partial charge in [0, 0.05) is 5.41 Å². The van der Waals surface area contributed by atoms with E-state index >= 15 is 0 Å². The maximum atomic E-state index is 11.8. The van der Waals surface area contributed by atoms with Gasteiger partial charge in [0.1, 0.15) is 11.2 Å². The van der Waals surface area contributed by atoms with Crippen LogP contribution in [0.25, 0.3) is 0 Å². The van der Waals surface area contributed by atoms with E-state index in [2.05, 4.69) is 0 Å². The number of ketones is 2. The molecule has 1 N–H and O–H groups in total. The van der Waals surface area contributed by atoms with Crippen molar-refractivity contribution in [1.82, 2.24) is 0 Å². The van der Waals surface area contributed by atoms with E-state index < -0.39 is 22.6 Å². The normalized spacial score (nSPS) is 11.6. The van der Waals surface area contributed by atoms with Crippen LogP contribution in [0.1, 0.15) is 47.5 Å². The zero-order chi connectivity index (χ0) is 13.1. The summed E-state index contributed by atoms with van der Waals surface area (Å²) in [5.74, 6) is -1.93. The van der Waals surface area contributed by atoms with Gasteiger partial charge in [0.15, 0.2) is 5.78 Å². The monoisotopic (exact) mass is 368 g/mol. The molecule has 0 fully saturated rings. The van der Waals surface area contributed by atoms with Gasteiger partial charge in [-0.25, -0.2) is 0 Å². The van der Waals surface area contributed by atoms with Gasteiger partial charge in [0.05, 0.1) is 6.42 Å². The van der Waals surface area contributed by atoms with Crippen molar-refractivity contribution in [3.8, 4) is 0 Å². The second-order valence-corrected chi connectivity index (χ2v) is 5.19. The first-order chi connectivity index (χ1) is 7.05. The Morgan fingerprint density at radius 3 is 1.71 bits per heavy atom. The minimum atomic E-state index is -1.49. The molecule has 0 radical (unpaired) electrons. The predicted octanol–water partition coefficient (Wildman–Crippen LogP) is 1.15. The van der Waals surface area contributed by atoms with Crippen molar-refractivity contribution in [2.45, 2.75) is 47.5 Å². The quantitative estimate of drug-likeness (QED) is 0.565. The summed E-state index contributed by atoms with van der Waals surface area (Å²) in [6, 6.07) is 0. The topological polar surface area (TPSA) is 71.4 Å².